The van der Waals surface area contributed by atoms with Crippen molar-refractivity contribution in [1.82, 2.24) is 9.80 Å². The predicted molar refractivity (Wildman–Crippen MR) is 171 cm³/mol. The zero-order chi connectivity index (χ0) is 31.5. The van der Waals surface area contributed by atoms with Crippen LogP contribution >= 0.6 is 0 Å². The molecule has 5 rings (SSSR count). The number of rotatable bonds is 11. The van der Waals surface area contributed by atoms with Gasteiger partial charge in [0, 0.05) is 51.3 Å². The van der Waals surface area contributed by atoms with Gasteiger partial charge in [-0.1, -0.05) is 37.5 Å². The lowest BCUT2D eigenvalue weighted by molar-refractivity contribution is 0.0139. The standard InChI is InChI=1S/C35H47N3O7/c39-32(40)38(28-12-14-30(15-13-28)44-29-10-4-3-5-11-29)22-8-1-2-9-27-43-33(41)36-23-16-31(17-24-36)45-34(42)37-25-20-35(21-26-37)18-6-7-19-35/h3-5,10-15,31H,1-2,6-9,16-27H2,(H,39,40). The summed E-state index contributed by atoms with van der Waals surface area (Å²) in [6, 6.07) is 16.5. The highest BCUT2D eigenvalue weighted by Gasteiger charge is 2.39. The van der Waals surface area contributed by atoms with Gasteiger partial charge in [0.25, 0.3) is 0 Å². The van der Waals surface area contributed by atoms with Crippen LogP contribution in [-0.2, 0) is 9.47 Å². The average molecular weight is 622 g/mol. The van der Waals surface area contributed by atoms with Gasteiger partial charge >= 0.3 is 18.3 Å². The number of ether oxygens (including phenoxy) is 3. The molecule has 1 spiro atoms. The van der Waals surface area contributed by atoms with Crippen LogP contribution in [0.2, 0.25) is 0 Å². The van der Waals surface area contributed by atoms with E-state index in [4.69, 9.17) is 14.2 Å². The lowest BCUT2D eigenvalue weighted by Gasteiger charge is -2.39. The largest absolute Gasteiger partial charge is 0.465 e. The highest BCUT2D eigenvalue weighted by Crippen LogP contribution is 2.46. The summed E-state index contributed by atoms with van der Waals surface area (Å²) in [5, 5.41) is 9.72. The smallest absolute Gasteiger partial charge is 0.411 e. The topological polar surface area (TPSA) is 109 Å². The number of carbonyl (C=O) groups is 3. The summed E-state index contributed by atoms with van der Waals surface area (Å²) in [6.07, 6.45) is 10.1. The molecule has 10 nitrogen and oxygen atoms in total. The highest BCUT2D eigenvalue weighted by molar-refractivity contribution is 5.86. The molecule has 2 saturated heterocycles. The number of piperidine rings is 2. The molecule has 1 N–H and O–H groups in total. The van der Waals surface area contributed by atoms with E-state index in [0.717, 1.165) is 50.9 Å². The molecule has 0 aromatic heterocycles. The third kappa shape index (κ3) is 9.28. The van der Waals surface area contributed by atoms with Gasteiger partial charge in [-0.25, -0.2) is 14.4 Å². The number of para-hydroxylation sites is 1. The minimum absolute atomic E-state index is 0.158. The number of hydrogen-bond donors (Lipinski definition) is 1. The van der Waals surface area contributed by atoms with Crippen LogP contribution in [0.5, 0.6) is 11.5 Å². The number of hydrogen-bond acceptors (Lipinski definition) is 6. The Balaban J connectivity index is 0.916. The van der Waals surface area contributed by atoms with Gasteiger partial charge in [0.15, 0.2) is 0 Å². The van der Waals surface area contributed by atoms with Crippen molar-refractivity contribution in [3.05, 3.63) is 54.6 Å². The number of anilines is 1. The maximum absolute atomic E-state index is 12.7. The van der Waals surface area contributed by atoms with Crippen LogP contribution in [0, 0.1) is 5.41 Å². The number of nitrogens with zero attached hydrogens (tertiary/aromatic N) is 3. The normalized spacial score (nSPS) is 18.0. The first-order chi connectivity index (χ1) is 21.9. The lowest BCUT2D eigenvalue weighted by atomic mass is 9.77. The molecule has 0 radical (unpaired) electrons. The number of unbranched alkanes of at least 4 members (excludes halogenated alkanes) is 3. The quantitative estimate of drug-likeness (QED) is 0.254. The number of amides is 3. The fraction of sp³-hybridized carbons (Fsp3) is 0.571. The zero-order valence-corrected chi connectivity index (χ0v) is 26.2. The molecule has 2 aromatic rings. The Morgan fingerprint density at radius 1 is 0.756 bits per heavy atom. The van der Waals surface area contributed by atoms with E-state index in [1.807, 2.05) is 35.2 Å². The molecule has 1 aliphatic carbocycles. The van der Waals surface area contributed by atoms with E-state index < -0.39 is 6.09 Å². The molecule has 3 amide bonds. The van der Waals surface area contributed by atoms with E-state index in [2.05, 4.69) is 0 Å². The third-order valence-electron chi connectivity index (χ3n) is 9.57. The fourth-order valence-electron chi connectivity index (χ4n) is 6.79. The summed E-state index contributed by atoms with van der Waals surface area (Å²) in [7, 11) is 0. The minimum atomic E-state index is -0.997. The number of likely N-dealkylation sites (tertiary alicyclic amines) is 2. The Labute approximate surface area is 266 Å². The van der Waals surface area contributed by atoms with Crippen LogP contribution in [0.15, 0.2) is 54.6 Å². The van der Waals surface area contributed by atoms with E-state index in [1.165, 1.54) is 30.6 Å². The maximum Gasteiger partial charge on any atom is 0.411 e. The van der Waals surface area contributed by atoms with Crippen molar-refractivity contribution < 1.29 is 33.7 Å². The van der Waals surface area contributed by atoms with Gasteiger partial charge < -0.3 is 29.1 Å². The van der Waals surface area contributed by atoms with Gasteiger partial charge in [0.05, 0.1) is 6.61 Å². The van der Waals surface area contributed by atoms with Gasteiger partial charge in [0.1, 0.15) is 17.6 Å². The molecule has 45 heavy (non-hydrogen) atoms. The van der Waals surface area contributed by atoms with Crippen LogP contribution in [-0.4, -0.2) is 78.6 Å². The van der Waals surface area contributed by atoms with Crippen molar-refractivity contribution in [2.45, 2.75) is 83.2 Å². The van der Waals surface area contributed by atoms with Crippen molar-refractivity contribution in [3.63, 3.8) is 0 Å². The van der Waals surface area contributed by atoms with Crippen LogP contribution in [0.4, 0.5) is 20.1 Å². The minimum Gasteiger partial charge on any atom is -0.465 e. The SMILES string of the molecule is O=C(OCCCCCCN(C(=O)O)c1ccc(Oc2ccccc2)cc1)N1CCC(OC(=O)N2CCC3(CCCC3)CC2)CC1. The Kier molecular flexibility index (Phi) is 11.4. The summed E-state index contributed by atoms with van der Waals surface area (Å²) in [4.78, 5) is 42.0. The van der Waals surface area contributed by atoms with Crippen molar-refractivity contribution in [2.24, 2.45) is 5.41 Å². The summed E-state index contributed by atoms with van der Waals surface area (Å²) >= 11 is 0. The number of carboxylic acid groups (broad SMARTS) is 1. The molecule has 3 fully saturated rings. The highest BCUT2D eigenvalue weighted by atomic mass is 16.6. The van der Waals surface area contributed by atoms with Gasteiger partial charge in [-0.2, -0.15) is 0 Å². The Bertz CT molecular complexity index is 1230. The van der Waals surface area contributed by atoms with Crippen LogP contribution in [0.25, 0.3) is 0 Å². The molecule has 244 valence electrons. The van der Waals surface area contributed by atoms with Gasteiger partial charge in [-0.3, -0.25) is 4.90 Å². The molecule has 2 aromatic carbocycles. The molecule has 2 aliphatic heterocycles. The van der Waals surface area contributed by atoms with Gasteiger partial charge in [-0.05, 0) is 86.8 Å². The average Bonchev–Trinajstić information content (AvgIpc) is 3.51. The molecule has 0 atom stereocenters. The first kappa shape index (κ1) is 32.4. The summed E-state index contributed by atoms with van der Waals surface area (Å²) < 4.78 is 17.1. The summed E-state index contributed by atoms with van der Waals surface area (Å²) in [6.45, 7) is 3.33. The molecule has 0 bridgehead atoms. The molecule has 10 heteroatoms. The maximum atomic E-state index is 12.7. The monoisotopic (exact) mass is 621 g/mol. The van der Waals surface area contributed by atoms with Crippen LogP contribution < -0.4 is 9.64 Å². The van der Waals surface area contributed by atoms with Crippen LogP contribution in [0.3, 0.4) is 0 Å². The molecule has 3 aliphatic rings. The number of benzene rings is 2. The third-order valence-corrected chi connectivity index (χ3v) is 9.57. The lowest BCUT2D eigenvalue weighted by Crippen LogP contribution is -2.46. The first-order valence-corrected chi connectivity index (χ1v) is 16.6. The molecule has 0 unspecified atom stereocenters. The second kappa shape index (κ2) is 15.9. The Morgan fingerprint density at radius 3 is 2.04 bits per heavy atom. The Morgan fingerprint density at radius 2 is 1.38 bits per heavy atom. The van der Waals surface area contributed by atoms with E-state index in [1.54, 1.807) is 29.2 Å². The zero-order valence-electron chi connectivity index (χ0n) is 26.2. The second-order valence-corrected chi connectivity index (χ2v) is 12.6. The van der Waals surface area contributed by atoms with Crippen molar-refractivity contribution in [1.29, 1.82) is 0 Å². The molecule has 2 heterocycles. The predicted octanol–water partition coefficient (Wildman–Crippen LogP) is 7.92. The summed E-state index contributed by atoms with van der Waals surface area (Å²) in [5.74, 6) is 1.36. The van der Waals surface area contributed by atoms with E-state index in [9.17, 15) is 19.5 Å². The van der Waals surface area contributed by atoms with E-state index >= 15 is 0 Å². The van der Waals surface area contributed by atoms with Gasteiger partial charge in [-0.15, -0.1) is 0 Å². The van der Waals surface area contributed by atoms with Crippen LogP contribution in [0.1, 0.15) is 77.0 Å². The molecular weight excluding hydrogens is 574 g/mol. The van der Waals surface area contributed by atoms with E-state index in [-0.39, 0.29) is 18.3 Å². The second-order valence-electron chi connectivity index (χ2n) is 12.6. The van der Waals surface area contributed by atoms with Crippen molar-refractivity contribution >= 4 is 24.0 Å². The first-order valence-electron chi connectivity index (χ1n) is 16.6. The van der Waals surface area contributed by atoms with Crippen molar-refractivity contribution in [3.8, 4) is 11.5 Å². The summed E-state index contributed by atoms with van der Waals surface area (Å²) in [5.41, 5.74) is 1.07. The van der Waals surface area contributed by atoms with E-state index in [0.29, 0.717) is 62.4 Å². The fourth-order valence-corrected chi connectivity index (χ4v) is 6.79. The Hall–Kier alpha value is -3.95. The number of carbonyl (C=O) groups excluding carboxylic acids is 2. The molecular formula is C35H47N3O7. The van der Waals surface area contributed by atoms with Crippen molar-refractivity contribution in [2.75, 3.05) is 44.2 Å². The molecule has 1 saturated carbocycles. The van der Waals surface area contributed by atoms with Gasteiger partial charge in [0.2, 0.25) is 0 Å².